The lowest BCUT2D eigenvalue weighted by atomic mass is 10.0. The number of benzene rings is 1. The van der Waals surface area contributed by atoms with Gasteiger partial charge in [0.25, 0.3) is 0 Å². The molecule has 1 fully saturated rings. The zero-order valence-electron chi connectivity index (χ0n) is 14.5. The van der Waals surface area contributed by atoms with E-state index in [0.717, 1.165) is 32.7 Å². The molecule has 2 N–H and O–H groups in total. The predicted octanol–water partition coefficient (Wildman–Crippen LogP) is 2.47. The lowest BCUT2D eigenvalue weighted by Crippen LogP contribution is -2.47. The van der Waals surface area contributed by atoms with E-state index in [1.165, 1.54) is 11.1 Å². The van der Waals surface area contributed by atoms with Crippen molar-refractivity contribution >= 4 is 6.03 Å². The van der Waals surface area contributed by atoms with Crippen molar-refractivity contribution < 1.29 is 9.53 Å². The van der Waals surface area contributed by atoms with E-state index in [9.17, 15) is 4.79 Å². The predicted molar refractivity (Wildman–Crippen MR) is 92.6 cm³/mol. The van der Waals surface area contributed by atoms with Crippen LogP contribution in [-0.4, -0.2) is 49.8 Å². The van der Waals surface area contributed by atoms with Crippen LogP contribution in [0.4, 0.5) is 4.79 Å². The summed E-state index contributed by atoms with van der Waals surface area (Å²) in [4.78, 5) is 14.4. The van der Waals surface area contributed by atoms with Gasteiger partial charge in [-0.05, 0) is 25.8 Å². The summed E-state index contributed by atoms with van der Waals surface area (Å²) in [5, 5.41) is 5.98. The molecular weight excluding hydrogens is 290 g/mol. The zero-order valence-corrected chi connectivity index (χ0v) is 14.5. The number of urea groups is 1. The summed E-state index contributed by atoms with van der Waals surface area (Å²) in [6, 6.07) is 8.85. The summed E-state index contributed by atoms with van der Waals surface area (Å²) in [6.07, 6.45) is 0.929. The van der Waals surface area contributed by atoms with Gasteiger partial charge >= 0.3 is 6.03 Å². The Morgan fingerprint density at radius 3 is 2.52 bits per heavy atom. The summed E-state index contributed by atoms with van der Waals surface area (Å²) in [7, 11) is 0. The Bertz CT molecular complexity index is 484. The van der Waals surface area contributed by atoms with Crippen LogP contribution in [0.3, 0.4) is 0 Å². The van der Waals surface area contributed by atoms with Gasteiger partial charge in [-0.2, -0.15) is 0 Å². The lowest BCUT2D eigenvalue weighted by molar-refractivity contribution is 0.0167. The van der Waals surface area contributed by atoms with Gasteiger partial charge in [-0.25, -0.2) is 4.79 Å². The quantitative estimate of drug-likeness (QED) is 0.847. The molecule has 0 saturated carbocycles. The molecule has 2 unspecified atom stereocenters. The SMILES string of the molecule is CCC(C)NC(=O)NCC(c1ccc(C)cc1)N1CCOCC1. The highest BCUT2D eigenvalue weighted by molar-refractivity contribution is 5.74. The van der Waals surface area contributed by atoms with E-state index >= 15 is 0 Å². The minimum atomic E-state index is -0.0929. The molecule has 0 aliphatic carbocycles. The number of nitrogens with zero attached hydrogens (tertiary/aromatic N) is 1. The second-order valence-electron chi connectivity index (χ2n) is 6.24. The summed E-state index contributed by atoms with van der Waals surface area (Å²) >= 11 is 0. The summed E-state index contributed by atoms with van der Waals surface area (Å²) in [5.41, 5.74) is 2.48. The van der Waals surface area contributed by atoms with Crippen molar-refractivity contribution in [3.8, 4) is 0 Å². The van der Waals surface area contributed by atoms with E-state index in [-0.39, 0.29) is 18.1 Å². The molecule has 2 atom stereocenters. The molecule has 0 aromatic heterocycles. The minimum absolute atomic E-state index is 0.0929. The molecule has 1 aromatic rings. The Balaban J connectivity index is 2.01. The van der Waals surface area contributed by atoms with Gasteiger partial charge in [0, 0.05) is 25.7 Å². The Kier molecular flexibility index (Phi) is 6.86. The number of carbonyl (C=O) groups is 1. The molecule has 1 aliphatic rings. The molecule has 1 saturated heterocycles. The summed E-state index contributed by atoms with van der Waals surface area (Å²) < 4.78 is 5.46. The molecular formula is C18H29N3O2. The van der Waals surface area contributed by atoms with Crippen molar-refractivity contribution in [1.29, 1.82) is 0 Å². The number of rotatable bonds is 6. The van der Waals surface area contributed by atoms with Crippen LogP contribution in [0, 0.1) is 6.92 Å². The molecule has 2 rings (SSSR count). The van der Waals surface area contributed by atoms with Gasteiger partial charge in [-0.3, -0.25) is 4.90 Å². The van der Waals surface area contributed by atoms with Gasteiger partial charge in [0.05, 0.1) is 19.3 Å². The number of hydrogen-bond donors (Lipinski definition) is 2. The maximum atomic E-state index is 12.0. The first kappa shape index (κ1) is 17.8. The minimum Gasteiger partial charge on any atom is -0.379 e. The number of amides is 2. The fourth-order valence-electron chi connectivity index (χ4n) is 2.70. The van der Waals surface area contributed by atoms with Crippen LogP contribution < -0.4 is 10.6 Å². The van der Waals surface area contributed by atoms with Crippen molar-refractivity contribution in [1.82, 2.24) is 15.5 Å². The van der Waals surface area contributed by atoms with Crippen LogP contribution in [0.2, 0.25) is 0 Å². The third kappa shape index (κ3) is 5.52. The van der Waals surface area contributed by atoms with E-state index in [0.29, 0.717) is 6.54 Å². The molecule has 1 aromatic carbocycles. The van der Waals surface area contributed by atoms with Crippen molar-refractivity contribution in [2.45, 2.75) is 39.3 Å². The van der Waals surface area contributed by atoms with Crippen LogP contribution in [0.15, 0.2) is 24.3 Å². The van der Waals surface area contributed by atoms with Crippen LogP contribution in [0.5, 0.6) is 0 Å². The van der Waals surface area contributed by atoms with E-state index in [4.69, 9.17) is 4.74 Å². The third-order valence-corrected chi connectivity index (χ3v) is 4.39. The van der Waals surface area contributed by atoms with E-state index in [2.05, 4.69) is 53.6 Å². The molecule has 5 heteroatoms. The van der Waals surface area contributed by atoms with Gasteiger partial charge in [0.15, 0.2) is 0 Å². The van der Waals surface area contributed by atoms with Crippen LogP contribution in [0.1, 0.15) is 37.4 Å². The highest BCUT2D eigenvalue weighted by atomic mass is 16.5. The Hall–Kier alpha value is -1.59. The number of morpholine rings is 1. The molecule has 0 radical (unpaired) electrons. The Labute approximate surface area is 139 Å². The summed E-state index contributed by atoms with van der Waals surface area (Å²) in [6.45, 7) is 10.1. The molecule has 0 spiro atoms. The monoisotopic (exact) mass is 319 g/mol. The molecule has 23 heavy (non-hydrogen) atoms. The van der Waals surface area contributed by atoms with Gasteiger partial charge < -0.3 is 15.4 Å². The average Bonchev–Trinajstić information content (AvgIpc) is 2.57. The second kappa shape index (κ2) is 8.89. The molecule has 0 bridgehead atoms. The lowest BCUT2D eigenvalue weighted by Gasteiger charge is -2.35. The van der Waals surface area contributed by atoms with Crippen molar-refractivity contribution in [2.24, 2.45) is 0 Å². The Morgan fingerprint density at radius 1 is 1.26 bits per heavy atom. The highest BCUT2D eigenvalue weighted by Gasteiger charge is 2.23. The van der Waals surface area contributed by atoms with Crippen LogP contribution in [-0.2, 0) is 4.74 Å². The largest absolute Gasteiger partial charge is 0.379 e. The number of carbonyl (C=O) groups excluding carboxylic acids is 1. The van der Waals surface area contributed by atoms with Gasteiger partial charge in [0.2, 0.25) is 0 Å². The van der Waals surface area contributed by atoms with Gasteiger partial charge in [-0.1, -0.05) is 36.8 Å². The fourth-order valence-corrected chi connectivity index (χ4v) is 2.70. The number of ether oxygens (including phenoxy) is 1. The average molecular weight is 319 g/mol. The second-order valence-corrected chi connectivity index (χ2v) is 6.24. The van der Waals surface area contributed by atoms with Crippen LogP contribution >= 0.6 is 0 Å². The first-order chi connectivity index (χ1) is 11.1. The first-order valence-electron chi connectivity index (χ1n) is 8.53. The van der Waals surface area contributed by atoms with Crippen molar-refractivity contribution in [3.05, 3.63) is 35.4 Å². The smallest absolute Gasteiger partial charge is 0.315 e. The molecule has 2 amide bonds. The van der Waals surface area contributed by atoms with Crippen molar-refractivity contribution in [3.63, 3.8) is 0 Å². The molecule has 1 heterocycles. The molecule has 5 nitrogen and oxygen atoms in total. The third-order valence-electron chi connectivity index (χ3n) is 4.39. The normalized spacial score (nSPS) is 18.2. The maximum Gasteiger partial charge on any atom is 0.315 e. The van der Waals surface area contributed by atoms with Gasteiger partial charge in [-0.15, -0.1) is 0 Å². The topological polar surface area (TPSA) is 53.6 Å². The first-order valence-corrected chi connectivity index (χ1v) is 8.53. The number of aryl methyl sites for hydroxylation is 1. The fraction of sp³-hybridized carbons (Fsp3) is 0.611. The maximum absolute atomic E-state index is 12.0. The van der Waals surface area contributed by atoms with E-state index in [1.54, 1.807) is 0 Å². The number of hydrogen-bond acceptors (Lipinski definition) is 3. The van der Waals surface area contributed by atoms with E-state index < -0.39 is 0 Å². The highest BCUT2D eigenvalue weighted by Crippen LogP contribution is 2.21. The van der Waals surface area contributed by atoms with Crippen molar-refractivity contribution in [2.75, 3.05) is 32.8 Å². The Morgan fingerprint density at radius 2 is 1.91 bits per heavy atom. The standard InChI is InChI=1S/C18H29N3O2/c1-4-15(3)20-18(22)19-13-17(21-9-11-23-12-10-21)16-7-5-14(2)6-8-16/h5-8,15,17H,4,9-13H2,1-3H3,(H2,19,20,22). The molecule has 1 aliphatic heterocycles. The molecule has 128 valence electrons. The zero-order chi connectivity index (χ0) is 16.7. The van der Waals surface area contributed by atoms with Crippen LogP contribution in [0.25, 0.3) is 0 Å². The number of nitrogens with one attached hydrogen (secondary N) is 2. The summed E-state index contributed by atoms with van der Waals surface area (Å²) in [5.74, 6) is 0. The van der Waals surface area contributed by atoms with E-state index in [1.807, 2.05) is 6.92 Å². The van der Waals surface area contributed by atoms with Gasteiger partial charge in [0.1, 0.15) is 0 Å².